The van der Waals surface area contributed by atoms with Crippen molar-refractivity contribution in [1.29, 1.82) is 0 Å². The van der Waals surface area contributed by atoms with Crippen molar-refractivity contribution in [2.75, 3.05) is 11.4 Å². The summed E-state index contributed by atoms with van der Waals surface area (Å²) >= 11 is 1.35. The summed E-state index contributed by atoms with van der Waals surface area (Å²) in [5.41, 5.74) is 0.830. The van der Waals surface area contributed by atoms with Gasteiger partial charge in [-0.05, 0) is 32.6 Å². The van der Waals surface area contributed by atoms with Gasteiger partial charge in [0.25, 0.3) is 0 Å². The first-order chi connectivity index (χ1) is 8.16. The average molecular weight is 252 g/mol. The number of hydrogen-bond donors (Lipinski definition) is 1. The van der Waals surface area contributed by atoms with Crippen LogP contribution in [0.25, 0.3) is 0 Å². The second-order valence-corrected chi connectivity index (χ2v) is 5.95. The molecule has 0 bridgehead atoms. The van der Waals surface area contributed by atoms with E-state index in [2.05, 4.69) is 16.8 Å². The number of thiazole rings is 1. The third kappa shape index (κ3) is 1.92. The van der Waals surface area contributed by atoms with Crippen LogP contribution in [0.15, 0.2) is 0 Å². The molecule has 1 aliphatic carbocycles. The highest BCUT2D eigenvalue weighted by Crippen LogP contribution is 2.44. The van der Waals surface area contributed by atoms with Crippen LogP contribution in [0.1, 0.15) is 53.9 Å². The Morgan fingerprint density at radius 3 is 2.76 bits per heavy atom. The van der Waals surface area contributed by atoms with Crippen molar-refractivity contribution in [3.05, 3.63) is 10.6 Å². The zero-order valence-corrected chi connectivity index (χ0v) is 10.7. The third-order valence-corrected chi connectivity index (χ3v) is 4.70. The van der Waals surface area contributed by atoms with Crippen LogP contribution in [-0.2, 0) is 0 Å². The molecule has 0 spiro atoms. The number of anilines is 1. The fourth-order valence-electron chi connectivity index (χ4n) is 2.45. The number of aromatic carboxylic acids is 1. The molecular formula is C12H16N2O2S. The molecule has 2 heterocycles. The first-order valence-corrected chi connectivity index (χ1v) is 6.99. The lowest BCUT2D eigenvalue weighted by Gasteiger charge is -2.19. The average Bonchev–Trinajstić information content (AvgIpc) is 2.88. The summed E-state index contributed by atoms with van der Waals surface area (Å²) in [4.78, 5) is 18.5. The molecule has 1 aromatic rings. The molecule has 17 heavy (non-hydrogen) atoms. The summed E-state index contributed by atoms with van der Waals surface area (Å²) < 4.78 is 0. The molecule has 1 saturated carbocycles. The van der Waals surface area contributed by atoms with E-state index in [-0.39, 0.29) is 0 Å². The molecule has 0 radical (unpaired) electrons. The standard InChI is InChI=1S/C12H16N2O2S/c1-7-3-2-6-14(7)12-13-9(8-4-5-8)10(17-12)11(15)16/h7-8H,2-6H2,1H3,(H,15,16). The molecule has 1 saturated heterocycles. The summed E-state index contributed by atoms with van der Waals surface area (Å²) in [7, 11) is 0. The Labute approximate surface area is 104 Å². The highest BCUT2D eigenvalue weighted by molar-refractivity contribution is 7.17. The lowest BCUT2D eigenvalue weighted by molar-refractivity contribution is 0.0700. The summed E-state index contributed by atoms with van der Waals surface area (Å²) in [6.45, 7) is 3.20. The van der Waals surface area contributed by atoms with E-state index in [1.54, 1.807) is 0 Å². The zero-order valence-electron chi connectivity index (χ0n) is 9.85. The van der Waals surface area contributed by atoms with Gasteiger partial charge in [-0.2, -0.15) is 0 Å². The van der Waals surface area contributed by atoms with Crippen molar-refractivity contribution in [1.82, 2.24) is 4.98 Å². The maximum absolute atomic E-state index is 11.2. The highest BCUT2D eigenvalue weighted by Gasteiger charge is 2.34. The molecule has 1 N–H and O–H groups in total. The minimum absolute atomic E-state index is 0.406. The van der Waals surface area contributed by atoms with Crippen molar-refractivity contribution in [2.45, 2.75) is 44.6 Å². The van der Waals surface area contributed by atoms with Crippen LogP contribution in [0.2, 0.25) is 0 Å². The molecule has 1 aromatic heterocycles. The van der Waals surface area contributed by atoms with Crippen molar-refractivity contribution in [3.63, 3.8) is 0 Å². The van der Waals surface area contributed by atoms with Crippen molar-refractivity contribution in [3.8, 4) is 0 Å². The topological polar surface area (TPSA) is 53.4 Å². The van der Waals surface area contributed by atoms with Gasteiger partial charge < -0.3 is 10.0 Å². The van der Waals surface area contributed by atoms with E-state index in [1.807, 2.05) is 0 Å². The number of aromatic nitrogens is 1. The number of carbonyl (C=O) groups is 1. The molecule has 2 aliphatic rings. The highest BCUT2D eigenvalue weighted by atomic mass is 32.1. The summed E-state index contributed by atoms with van der Waals surface area (Å²) in [5.74, 6) is -0.411. The first kappa shape index (κ1) is 11.0. The first-order valence-electron chi connectivity index (χ1n) is 6.17. The third-order valence-electron chi connectivity index (χ3n) is 3.60. The molecule has 4 nitrogen and oxygen atoms in total. The Morgan fingerprint density at radius 1 is 1.47 bits per heavy atom. The molecule has 5 heteroatoms. The Balaban J connectivity index is 1.95. The van der Waals surface area contributed by atoms with Gasteiger partial charge in [0.05, 0.1) is 5.69 Å². The molecule has 1 aliphatic heterocycles. The summed E-state index contributed by atoms with van der Waals surface area (Å²) in [6.07, 6.45) is 4.56. The number of carboxylic acid groups (broad SMARTS) is 1. The van der Waals surface area contributed by atoms with Crippen molar-refractivity contribution < 1.29 is 9.90 Å². The number of carboxylic acids is 1. The van der Waals surface area contributed by atoms with Crippen LogP contribution in [-0.4, -0.2) is 28.6 Å². The van der Waals surface area contributed by atoms with Gasteiger partial charge in [0, 0.05) is 18.5 Å². The van der Waals surface area contributed by atoms with Gasteiger partial charge in [0.1, 0.15) is 4.88 Å². The second kappa shape index (κ2) is 3.98. The van der Waals surface area contributed by atoms with Crippen LogP contribution in [0.4, 0.5) is 5.13 Å². The van der Waals surface area contributed by atoms with Gasteiger partial charge in [0.15, 0.2) is 5.13 Å². The molecule has 0 aromatic carbocycles. The quantitative estimate of drug-likeness (QED) is 0.898. The van der Waals surface area contributed by atoms with Crippen molar-refractivity contribution >= 4 is 22.4 Å². The number of nitrogens with zero attached hydrogens (tertiary/aromatic N) is 2. The summed E-state index contributed by atoms with van der Waals surface area (Å²) in [6, 6.07) is 0.495. The van der Waals surface area contributed by atoms with Gasteiger partial charge in [-0.25, -0.2) is 9.78 Å². The van der Waals surface area contributed by atoms with Crippen LogP contribution in [0, 0.1) is 0 Å². The largest absolute Gasteiger partial charge is 0.477 e. The van der Waals surface area contributed by atoms with Crippen LogP contribution < -0.4 is 4.90 Å². The Morgan fingerprint density at radius 2 is 2.24 bits per heavy atom. The second-order valence-electron chi connectivity index (χ2n) is 4.97. The van der Waals surface area contributed by atoms with Crippen LogP contribution >= 0.6 is 11.3 Å². The summed E-state index contributed by atoms with van der Waals surface area (Å²) in [5, 5.41) is 10.1. The predicted octanol–water partition coefficient (Wildman–Crippen LogP) is 2.71. The van der Waals surface area contributed by atoms with E-state index >= 15 is 0 Å². The van der Waals surface area contributed by atoms with Crippen molar-refractivity contribution in [2.24, 2.45) is 0 Å². The van der Waals surface area contributed by atoms with E-state index in [4.69, 9.17) is 0 Å². The SMILES string of the molecule is CC1CCCN1c1nc(C2CC2)c(C(=O)O)s1. The molecule has 92 valence electrons. The van der Waals surface area contributed by atoms with Gasteiger partial charge in [-0.1, -0.05) is 11.3 Å². The molecule has 1 unspecified atom stereocenters. The normalized spacial score (nSPS) is 24.3. The Hall–Kier alpha value is -1.10. The lowest BCUT2D eigenvalue weighted by Crippen LogP contribution is -2.25. The van der Waals surface area contributed by atoms with Gasteiger partial charge in [0.2, 0.25) is 0 Å². The Kier molecular flexibility index (Phi) is 2.58. The minimum atomic E-state index is -0.817. The number of rotatable bonds is 3. The molecule has 2 fully saturated rings. The zero-order chi connectivity index (χ0) is 12.0. The van der Waals surface area contributed by atoms with E-state index < -0.39 is 5.97 Å². The molecule has 1 atom stereocenters. The fourth-order valence-corrected chi connectivity index (χ4v) is 3.57. The molecule has 3 rings (SSSR count). The van der Waals surface area contributed by atoms with E-state index in [0.29, 0.717) is 16.8 Å². The predicted molar refractivity (Wildman–Crippen MR) is 67.1 cm³/mol. The van der Waals surface area contributed by atoms with Gasteiger partial charge >= 0.3 is 5.97 Å². The smallest absolute Gasteiger partial charge is 0.347 e. The van der Waals surface area contributed by atoms with Gasteiger partial charge in [-0.3, -0.25) is 0 Å². The lowest BCUT2D eigenvalue weighted by atomic mass is 10.2. The molecular weight excluding hydrogens is 236 g/mol. The minimum Gasteiger partial charge on any atom is -0.477 e. The number of hydrogen-bond acceptors (Lipinski definition) is 4. The van der Waals surface area contributed by atoms with Crippen LogP contribution in [0.5, 0.6) is 0 Å². The van der Waals surface area contributed by atoms with E-state index in [0.717, 1.165) is 30.2 Å². The Bertz CT molecular complexity index is 453. The molecule has 0 amide bonds. The van der Waals surface area contributed by atoms with Crippen LogP contribution in [0.3, 0.4) is 0 Å². The maximum atomic E-state index is 11.2. The van der Waals surface area contributed by atoms with E-state index in [1.165, 1.54) is 24.2 Å². The maximum Gasteiger partial charge on any atom is 0.347 e. The van der Waals surface area contributed by atoms with E-state index in [9.17, 15) is 9.90 Å². The monoisotopic (exact) mass is 252 g/mol. The van der Waals surface area contributed by atoms with Gasteiger partial charge in [-0.15, -0.1) is 0 Å². The fraction of sp³-hybridized carbons (Fsp3) is 0.667.